The van der Waals surface area contributed by atoms with Crippen LogP contribution in [0.4, 0.5) is 0 Å². The quantitative estimate of drug-likeness (QED) is 0.604. The topological polar surface area (TPSA) is 52.3 Å². The minimum atomic E-state index is -0.707. The van der Waals surface area contributed by atoms with Crippen LogP contribution >= 0.6 is 12.4 Å². The van der Waals surface area contributed by atoms with Crippen molar-refractivity contribution < 1.29 is 9.53 Å². The zero-order valence-electron chi connectivity index (χ0n) is 7.01. The number of hydrogen-bond donors (Lipinski definition) is 1. The van der Waals surface area contributed by atoms with Gasteiger partial charge >= 0.3 is 5.97 Å². The molecule has 0 spiro atoms. The molecule has 4 heteroatoms. The Kier molecular flexibility index (Phi) is 2.58. The number of esters is 1. The van der Waals surface area contributed by atoms with Gasteiger partial charge in [0.1, 0.15) is 5.54 Å². The van der Waals surface area contributed by atoms with Gasteiger partial charge in [0.25, 0.3) is 0 Å². The van der Waals surface area contributed by atoms with Crippen molar-refractivity contribution in [1.29, 1.82) is 0 Å². The van der Waals surface area contributed by atoms with Gasteiger partial charge in [0.15, 0.2) is 0 Å². The lowest BCUT2D eigenvalue weighted by Gasteiger charge is -2.10. The van der Waals surface area contributed by atoms with Crippen LogP contribution < -0.4 is 5.73 Å². The molecule has 1 fully saturated rings. The van der Waals surface area contributed by atoms with Crippen molar-refractivity contribution in [3.8, 4) is 0 Å². The van der Waals surface area contributed by atoms with E-state index in [1.807, 2.05) is 13.8 Å². The summed E-state index contributed by atoms with van der Waals surface area (Å²) in [7, 11) is 1.37. The van der Waals surface area contributed by atoms with Crippen molar-refractivity contribution in [2.45, 2.75) is 25.8 Å². The lowest BCUT2D eigenvalue weighted by molar-refractivity contribution is -0.144. The molecule has 11 heavy (non-hydrogen) atoms. The average Bonchev–Trinajstić information content (AvgIpc) is 2.32. The van der Waals surface area contributed by atoms with E-state index >= 15 is 0 Å². The summed E-state index contributed by atoms with van der Waals surface area (Å²) in [6.45, 7) is 3.92. The summed E-state index contributed by atoms with van der Waals surface area (Å²) in [5, 5.41) is 0. The molecule has 0 saturated heterocycles. The van der Waals surface area contributed by atoms with Crippen molar-refractivity contribution >= 4 is 18.4 Å². The van der Waals surface area contributed by atoms with Gasteiger partial charge in [-0.2, -0.15) is 0 Å². The van der Waals surface area contributed by atoms with Crippen molar-refractivity contribution in [3.05, 3.63) is 0 Å². The van der Waals surface area contributed by atoms with Gasteiger partial charge in [-0.05, 0) is 11.8 Å². The number of ether oxygens (including phenoxy) is 1. The van der Waals surface area contributed by atoms with Crippen molar-refractivity contribution in [3.63, 3.8) is 0 Å². The van der Waals surface area contributed by atoms with Gasteiger partial charge in [0.05, 0.1) is 7.11 Å². The third-order valence-electron chi connectivity index (χ3n) is 2.35. The summed E-state index contributed by atoms with van der Waals surface area (Å²) >= 11 is 0. The van der Waals surface area contributed by atoms with E-state index in [1.165, 1.54) is 7.11 Å². The maximum Gasteiger partial charge on any atom is 0.326 e. The maximum atomic E-state index is 11.0. The van der Waals surface area contributed by atoms with E-state index < -0.39 is 5.54 Å². The molecule has 0 amide bonds. The first-order valence-electron chi connectivity index (χ1n) is 3.31. The van der Waals surface area contributed by atoms with Crippen LogP contribution in [-0.2, 0) is 9.53 Å². The summed E-state index contributed by atoms with van der Waals surface area (Å²) < 4.78 is 4.55. The standard InChI is InChI=1S/C7H13NO2.ClH/c1-6(2)4-7(6,8)5(9)10-3;/h4,8H2,1-3H3;1H. The minimum absolute atomic E-state index is 0. The molecule has 0 heterocycles. The number of rotatable bonds is 1. The SMILES string of the molecule is COC(=O)C1(N)CC1(C)C.Cl. The summed E-state index contributed by atoms with van der Waals surface area (Å²) in [4.78, 5) is 11.0. The van der Waals surface area contributed by atoms with E-state index in [4.69, 9.17) is 5.73 Å². The smallest absolute Gasteiger partial charge is 0.326 e. The second-order valence-corrected chi connectivity index (χ2v) is 3.52. The molecule has 0 aliphatic heterocycles. The molecular formula is C7H14ClNO2. The summed E-state index contributed by atoms with van der Waals surface area (Å²) in [6, 6.07) is 0. The lowest BCUT2D eigenvalue weighted by Crippen LogP contribution is -2.38. The fourth-order valence-electron chi connectivity index (χ4n) is 1.18. The molecule has 66 valence electrons. The molecule has 1 aliphatic rings. The van der Waals surface area contributed by atoms with Crippen LogP contribution in [0.15, 0.2) is 0 Å². The first-order valence-corrected chi connectivity index (χ1v) is 3.31. The van der Waals surface area contributed by atoms with Gasteiger partial charge in [-0.15, -0.1) is 12.4 Å². The van der Waals surface area contributed by atoms with E-state index in [0.29, 0.717) is 0 Å². The summed E-state index contributed by atoms with van der Waals surface area (Å²) in [6.07, 6.45) is 0.729. The molecule has 0 aromatic carbocycles. The highest BCUT2D eigenvalue weighted by Crippen LogP contribution is 2.54. The van der Waals surface area contributed by atoms with Crippen LogP contribution in [0.2, 0.25) is 0 Å². The zero-order valence-corrected chi connectivity index (χ0v) is 7.83. The van der Waals surface area contributed by atoms with Gasteiger partial charge < -0.3 is 10.5 Å². The van der Waals surface area contributed by atoms with Crippen molar-refractivity contribution in [2.24, 2.45) is 11.1 Å². The fourth-order valence-corrected chi connectivity index (χ4v) is 1.18. The molecule has 2 N–H and O–H groups in total. The molecule has 1 rings (SSSR count). The first-order chi connectivity index (χ1) is 4.44. The minimum Gasteiger partial charge on any atom is -0.468 e. The molecule has 0 aromatic rings. The van der Waals surface area contributed by atoms with E-state index in [2.05, 4.69) is 4.74 Å². The molecule has 0 aromatic heterocycles. The Morgan fingerprint density at radius 2 is 1.91 bits per heavy atom. The Morgan fingerprint density at radius 3 is 2.00 bits per heavy atom. The van der Waals surface area contributed by atoms with Gasteiger partial charge in [-0.3, -0.25) is 4.79 Å². The maximum absolute atomic E-state index is 11.0. The molecule has 0 radical (unpaired) electrons. The van der Waals surface area contributed by atoms with Crippen LogP contribution in [0.25, 0.3) is 0 Å². The Morgan fingerprint density at radius 1 is 1.55 bits per heavy atom. The van der Waals surface area contributed by atoms with E-state index in [-0.39, 0.29) is 23.8 Å². The number of hydrogen-bond acceptors (Lipinski definition) is 3. The van der Waals surface area contributed by atoms with Crippen LogP contribution in [0.3, 0.4) is 0 Å². The molecule has 3 nitrogen and oxygen atoms in total. The van der Waals surface area contributed by atoms with Crippen LogP contribution in [0, 0.1) is 5.41 Å². The van der Waals surface area contributed by atoms with Gasteiger partial charge in [0.2, 0.25) is 0 Å². The Balaban J connectivity index is 0.000001000. The van der Waals surface area contributed by atoms with E-state index in [0.717, 1.165) is 6.42 Å². The fraction of sp³-hybridized carbons (Fsp3) is 0.857. The first kappa shape index (κ1) is 10.7. The summed E-state index contributed by atoms with van der Waals surface area (Å²) in [5.41, 5.74) is 4.93. The molecular weight excluding hydrogens is 166 g/mol. The highest BCUT2D eigenvalue weighted by molar-refractivity contribution is 5.86. The number of carbonyl (C=O) groups excluding carboxylic acids is 1. The predicted molar refractivity (Wildman–Crippen MR) is 44.6 cm³/mol. The van der Waals surface area contributed by atoms with Crippen molar-refractivity contribution in [1.82, 2.24) is 0 Å². The largest absolute Gasteiger partial charge is 0.468 e. The Labute approximate surface area is 72.7 Å². The van der Waals surface area contributed by atoms with Crippen LogP contribution in [0.1, 0.15) is 20.3 Å². The zero-order chi connectivity index (χ0) is 7.99. The third-order valence-corrected chi connectivity index (χ3v) is 2.35. The highest BCUT2D eigenvalue weighted by atomic mass is 35.5. The average molecular weight is 180 g/mol. The molecule has 1 saturated carbocycles. The monoisotopic (exact) mass is 179 g/mol. The van der Waals surface area contributed by atoms with Crippen molar-refractivity contribution in [2.75, 3.05) is 7.11 Å². The van der Waals surface area contributed by atoms with Gasteiger partial charge in [-0.1, -0.05) is 13.8 Å². The number of carbonyl (C=O) groups is 1. The van der Waals surface area contributed by atoms with Crippen LogP contribution in [-0.4, -0.2) is 18.6 Å². The third kappa shape index (κ3) is 1.35. The second-order valence-electron chi connectivity index (χ2n) is 3.52. The number of nitrogens with two attached hydrogens (primary N) is 1. The second kappa shape index (κ2) is 2.64. The predicted octanol–water partition coefficient (Wildman–Crippen LogP) is 0.709. The van der Waals surface area contributed by atoms with Crippen LogP contribution in [0.5, 0.6) is 0 Å². The van der Waals surface area contributed by atoms with Gasteiger partial charge in [0, 0.05) is 0 Å². The molecule has 0 bridgehead atoms. The Hall–Kier alpha value is -0.280. The molecule has 1 unspecified atom stereocenters. The normalized spacial score (nSPS) is 32.0. The lowest BCUT2D eigenvalue weighted by atomic mass is 10.1. The van der Waals surface area contributed by atoms with E-state index in [1.54, 1.807) is 0 Å². The van der Waals surface area contributed by atoms with E-state index in [9.17, 15) is 4.79 Å². The highest BCUT2D eigenvalue weighted by Gasteiger charge is 2.64. The summed E-state index contributed by atoms with van der Waals surface area (Å²) in [5.74, 6) is -0.294. The van der Waals surface area contributed by atoms with Gasteiger partial charge in [-0.25, -0.2) is 0 Å². The Bertz CT molecular complexity index is 181. The number of methoxy groups -OCH3 is 1. The molecule has 1 atom stereocenters. The molecule has 1 aliphatic carbocycles. The number of halogens is 1.